The summed E-state index contributed by atoms with van der Waals surface area (Å²) in [5.41, 5.74) is 5.87. The lowest BCUT2D eigenvalue weighted by Gasteiger charge is -2.03. The molecule has 0 saturated carbocycles. The summed E-state index contributed by atoms with van der Waals surface area (Å²) in [5.74, 6) is -0.423. The number of benzene rings is 1. The minimum atomic E-state index is -0.423. The van der Waals surface area contributed by atoms with E-state index in [-0.39, 0.29) is 11.7 Å². The van der Waals surface area contributed by atoms with E-state index in [1.807, 2.05) is 0 Å². The molecular formula is C10H8ClN3O2. The number of nitrogen functional groups attached to an aromatic ring is 1. The van der Waals surface area contributed by atoms with Gasteiger partial charge in [0.1, 0.15) is 6.26 Å². The Balaban J connectivity index is 2.17. The SMILES string of the molecule is Nc1nc(C(=O)Nc2ccccc2Cl)co1. The number of anilines is 2. The Bertz CT molecular complexity index is 524. The summed E-state index contributed by atoms with van der Waals surface area (Å²) in [7, 11) is 0. The maximum absolute atomic E-state index is 11.6. The van der Waals surface area contributed by atoms with Gasteiger partial charge in [0.15, 0.2) is 5.69 Å². The van der Waals surface area contributed by atoms with Crippen LogP contribution in [-0.2, 0) is 0 Å². The number of carbonyl (C=O) groups is 1. The number of carbonyl (C=O) groups excluding carboxylic acids is 1. The highest BCUT2D eigenvalue weighted by Gasteiger charge is 2.12. The first kappa shape index (κ1) is 10.5. The zero-order valence-electron chi connectivity index (χ0n) is 8.11. The molecule has 1 heterocycles. The third-order valence-corrected chi connectivity index (χ3v) is 2.21. The molecule has 1 amide bonds. The van der Waals surface area contributed by atoms with Crippen molar-refractivity contribution in [2.45, 2.75) is 0 Å². The number of hydrogen-bond donors (Lipinski definition) is 2. The van der Waals surface area contributed by atoms with Crippen molar-refractivity contribution in [1.29, 1.82) is 0 Å². The van der Waals surface area contributed by atoms with Gasteiger partial charge in [-0.2, -0.15) is 4.98 Å². The van der Waals surface area contributed by atoms with Crippen LogP contribution in [0.5, 0.6) is 0 Å². The van der Waals surface area contributed by atoms with Gasteiger partial charge in [-0.1, -0.05) is 23.7 Å². The molecule has 0 aliphatic carbocycles. The maximum atomic E-state index is 11.6. The fourth-order valence-electron chi connectivity index (χ4n) is 1.14. The highest BCUT2D eigenvalue weighted by molar-refractivity contribution is 6.33. The number of halogens is 1. The monoisotopic (exact) mass is 237 g/mol. The van der Waals surface area contributed by atoms with Gasteiger partial charge in [0.2, 0.25) is 0 Å². The first-order valence-corrected chi connectivity index (χ1v) is 4.81. The van der Waals surface area contributed by atoms with E-state index >= 15 is 0 Å². The number of hydrogen-bond acceptors (Lipinski definition) is 4. The number of nitrogens with two attached hydrogens (primary N) is 1. The van der Waals surface area contributed by atoms with E-state index < -0.39 is 5.91 Å². The van der Waals surface area contributed by atoms with Crippen LogP contribution in [0.25, 0.3) is 0 Å². The zero-order valence-corrected chi connectivity index (χ0v) is 8.86. The van der Waals surface area contributed by atoms with E-state index in [4.69, 9.17) is 21.8 Å². The third-order valence-electron chi connectivity index (χ3n) is 1.88. The quantitative estimate of drug-likeness (QED) is 0.839. The van der Waals surface area contributed by atoms with Crippen LogP contribution in [0.4, 0.5) is 11.7 Å². The Labute approximate surface area is 96.2 Å². The van der Waals surface area contributed by atoms with Gasteiger partial charge in [-0.3, -0.25) is 4.79 Å². The van der Waals surface area contributed by atoms with E-state index in [0.29, 0.717) is 10.7 Å². The predicted molar refractivity (Wildman–Crippen MR) is 60.3 cm³/mol. The number of aromatic nitrogens is 1. The van der Waals surface area contributed by atoms with Crippen LogP contribution in [0.2, 0.25) is 5.02 Å². The molecule has 2 rings (SSSR count). The molecule has 6 heteroatoms. The molecule has 5 nitrogen and oxygen atoms in total. The highest BCUT2D eigenvalue weighted by atomic mass is 35.5. The van der Waals surface area contributed by atoms with Crippen LogP contribution in [-0.4, -0.2) is 10.9 Å². The van der Waals surface area contributed by atoms with Crippen LogP contribution in [0.3, 0.4) is 0 Å². The van der Waals surface area contributed by atoms with E-state index in [2.05, 4.69) is 10.3 Å². The minimum absolute atomic E-state index is 0.0516. The Kier molecular flexibility index (Phi) is 2.78. The summed E-state index contributed by atoms with van der Waals surface area (Å²) in [5, 5.41) is 3.04. The first-order valence-electron chi connectivity index (χ1n) is 4.43. The normalized spacial score (nSPS) is 10.1. The van der Waals surface area contributed by atoms with Gasteiger partial charge in [-0.15, -0.1) is 0 Å². The molecule has 0 saturated heterocycles. The predicted octanol–water partition coefficient (Wildman–Crippen LogP) is 2.16. The molecule has 1 aromatic heterocycles. The van der Waals surface area contributed by atoms with Crippen molar-refractivity contribution in [3.8, 4) is 0 Å². The summed E-state index contributed by atoms with van der Waals surface area (Å²) < 4.78 is 4.73. The zero-order chi connectivity index (χ0) is 11.5. The lowest BCUT2D eigenvalue weighted by molar-refractivity contribution is 0.102. The maximum Gasteiger partial charge on any atom is 0.292 e. The lowest BCUT2D eigenvalue weighted by Crippen LogP contribution is -2.12. The van der Waals surface area contributed by atoms with Crippen molar-refractivity contribution >= 4 is 29.2 Å². The number of oxazole rings is 1. The Morgan fingerprint density at radius 2 is 2.19 bits per heavy atom. The van der Waals surface area contributed by atoms with E-state index in [1.165, 1.54) is 6.26 Å². The third kappa shape index (κ3) is 2.14. The van der Waals surface area contributed by atoms with Crippen molar-refractivity contribution in [2.24, 2.45) is 0 Å². The smallest absolute Gasteiger partial charge is 0.292 e. The fraction of sp³-hybridized carbons (Fsp3) is 0. The molecule has 0 aliphatic heterocycles. The van der Waals surface area contributed by atoms with Crippen LogP contribution < -0.4 is 11.1 Å². The second-order valence-corrected chi connectivity index (χ2v) is 3.41. The van der Waals surface area contributed by atoms with Crippen molar-refractivity contribution < 1.29 is 9.21 Å². The average Bonchev–Trinajstić information content (AvgIpc) is 2.68. The lowest BCUT2D eigenvalue weighted by atomic mass is 10.3. The largest absolute Gasteiger partial charge is 0.431 e. The second kappa shape index (κ2) is 4.24. The van der Waals surface area contributed by atoms with Crippen LogP contribution >= 0.6 is 11.6 Å². The molecule has 0 bridgehead atoms. The van der Waals surface area contributed by atoms with Gasteiger partial charge in [0.25, 0.3) is 11.9 Å². The molecular weight excluding hydrogens is 230 g/mol. The molecule has 82 valence electrons. The molecule has 0 aliphatic rings. The van der Waals surface area contributed by atoms with Gasteiger partial charge < -0.3 is 15.5 Å². The second-order valence-electron chi connectivity index (χ2n) is 3.00. The Morgan fingerprint density at radius 1 is 1.44 bits per heavy atom. The van der Waals surface area contributed by atoms with E-state index in [9.17, 15) is 4.79 Å². The molecule has 16 heavy (non-hydrogen) atoms. The van der Waals surface area contributed by atoms with Gasteiger partial charge in [-0.25, -0.2) is 0 Å². The van der Waals surface area contributed by atoms with Crippen LogP contribution in [0.15, 0.2) is 34.9 Å². The van der Waals surface area contributed by atoms with E-state index in [1.54, 1.807) is 24.3 Å². The topological polar surface area (TPSA) is 81.1 Å². The van der Waals surface area contributed by atoms with Crippen molar-refractivity contribution in [1.82, 2.24) is 4.98 Å². The summed E-state index contributed by atoms with van der Waals surface area (Å²) >= 11 is 5.88. The highest BCUT2D eigenvalue weighted by Crippen LogP contribution is 2.21. The summed E-state index contributed by atoms with van der Waals surface area (Å²) in [6.07, 6.45) is 1.18. The van der Waals surface area contributed by atoms with Crippen LogP contribution in [0, 0.1) is 0 Å². The molecule has 0 spiro atoms. The Morgan fingerprint density at radius 3 is 2.81 bits per heavy atom. The molecule has 3 N–H and O–H groups in total. The van der Waals surface area contributed by atoms with Crippen molar-refractivity contribution in [2.75, 3.05) is 11.1 Å². The number of rotatable bonds is 2. The van der Waals surface area contributed by atoms with Gasteiger partial charge in [0.05, 0.1) is 10.7 Å². The molecule has 0 atom stereocenters. The molecule has 1 aromatic carbocycles. The summed E-state index contributed by atoms with van der Waals surface area (Å²) in [6.45, 7) is 0. The standard InChI is InChI=1S/C10H8ClN3O2/c11-6-3-1-2-4-7(6)13-9(15)8-5-16-10(12)14-8/h1-5H,(H2,12,14)(H,13,15). The van der Waals surface area contributed by atoms with Gasteiger partial charge in [0, 0.05) is 0 Å². The summed E-state index contributed by atoms with van der Waals surface area (Å²) in [4.78, 5) is 15.3. The van der Waals surface area contributed by atoms with E-state index in [0.717, 1.165) is 0 Å². The fourth-order valence-corrected chi connectivity index (χ4v) is 1.32. The van der Waals surface area contributed by atoms with Gasteiger partial charge >= 0.3 is 0 Å². The molecule has 0 unspecified atom stereocenters. The van der Waals surface area contributed by atoms with Gasteiger partial charge in [-0.05, 0) is 12.1 Å². The number of para-hydroxylation sites is 1. The minimum Gasteiger partial charge on any atom is -0.431 e. The van der Waals surface area contributed by atoms with Crippen molar-refractivity contribution in [3.63, 3.8) is 0 Å². The first-order chi connectivity index (χ1) is 7.66. The number of nitrogens with one attached hydrogen (secondary N) is 1. The van der Waals surface area contributed by atoms with Crippen LogP contribution in [0.1, 0.15) is 10.5 Å². The molecule has 2 aromatic rings. The average molecular weight is 238 g/mol. The number of nitrogens with zero attached hydrogens (tertiary/aromatic N) is 1. The van der Waals surface area contributed by atoms with Crippen molar-refractivity contribution in [3.05, 3.63) is 41.2 Å². The number of amides is 1. The summed E-state index contributed by atoms with van der Waals surface area (Å²) in [6, 6.07) is 6.84. The molecule has 0 fully saturated rings. The Hall–Kier alpha value is -2.01. The molecule has 0 radical (unpaired) electrons.